The van der Waals surface area contributed by atoms with Gasteiger partial charge in [-0.15, -0.1) is 0 Å². The van der Waals surface area contributed by atoms with Gasteiger partial charge in [-0.3, -0.25) is 4.98 Å². The molecule has 1 aromatic heterocycles. The van der Waals surface area contributed by atoms with Crippen LogP contribution in [0.25, 0.3) is 0 Å². The maximum absolute atomic E-state index is 14.0. The third-order valence-electron chi connectivity index (χ3n) is 3.27. The van der Waals surface area contributed by atoms with Crippen molar-refractivity contribution in [3.63, 3.8) is 0 Å². The molecule has 4 nitrogen and oxygen atoms in total. The molecule has 1 amide bonds. The summed E-state index contributed by atoms with van der Waals surface area (Å²) in [4.78, 5) is 15.5. The molecule has 0 unspecified atom stereocenters. The van der Waals surface area contributed by atoms with Gasteiger partial charge in [0.05, 0.1) is 0 Å². The van der Waals surface area contributed by atoms with Gasteiger partial charge >= 0.3 is 6.09 Å². The molecule has 2 atom stereocenters. The standard InChI is InChI=1S/C14H8BrF3N2O2/c15-7-3-6(4-19-5-7)12-13(22-14(21)20-12)8-1-2-9(16)11(18)10(8)17/h1-5,12-13H,(H,20,21)/t12-,13-/m1/s1. The number of cyclic esters (lactones) is 1. The van der Waals surface area contributed by atoms with Gasteiger partial charge in [-0.2, -0.15) is 0 Å². The first-order valence-corrected chi connectivity index (χ1v) is 6.97. The second-order valence-electron chi connectivity index (χ2n) is 4.65. The van der Waals surface area contributed by atoms with Crippen molar-refractivity contribution >= 4 is 22.0 Å². The average Bonchev–Trinajstić information content (AvgIpc) is 2.87. The smallest absolute Gasteiger partial charge is 0.408 e. The number of amides is 1. The first-order valence-electron chi connectivity index (χ1n) is 6.18. The van der Waals surface area contributed by atoms with Gasteiger partial charge in [0, 0.05) is 22.4 Å². The van der Waals surface area contributed by atoms with E-state index >= 15 is 0 Å². The van der Waals surface area contributed by atoms with E-state index in [1.165, 1.54) is 12.4 Å². The SMILES string of the molecule is O=C1N[C@H](c2cncc(Br)c2)[C@@H](c2ccc(F)c(F)c2F)O1. The van der Waals surface area contributed by atoms with Crippen molar-refractivity contribution in [1.29, 1.82) is 0 Å². The number of carbonyl (C=O) groups is 1. The first kappa shape index (κ1) is 14.8. The van der Waals surface area contributed by atoms with Crippen LogP contribution in [0.1, 0.15) is 23.3 Å². The number of nitrogens with zero attached hydrogens (tertiary/aromatic N) is 1. The number of aromatic nitrogens is 1. The molecule has 1 fully saturated rings. The molecule has 0 bridgehead atoms. The molecular weight excluding hydrogens is 365 g/mol. The second kappa shape index (κ2) is 5.60. The van der Waals surface area contributed by atoms with Crippen LogP contribution < -0.4 is 5.32 Å². The zero-order valence-electron chi connectivity index (χ0n) is 10.8. The lowest BCUT2D eigenvalue weighted by Gasteiger charge is -2.18. The van der Waals surface area contributed by atoms with Crippen molar-refractivity contribution in [2.24, 2.45) is 0 Å². The number of rotatable bonds is 2. The van der Waals surface area contributed by atoms with E-state index in [-0.39, 0.29) is 5.56 Å². The molecule has 22 heavy (non-hydrogen) atoms. The predicted molar refractivity (Wildman–Crippen MR) is 73.4 cm³/mol. The molecule has 8 heteroatoms. The zero-order valence-corrected chi connectivity index (χ0v) is 12.4. The fraction of sp³-hybridized carbons (Fsp3) is 0.143. The van der Waals surface area contributed by atoms with Crippen LogP contribution >= 0.6 is 15.9 Å². The number of hydrogen-bond donors (Lipinski definition) is 1. The average molecular weight is 373 g/mol. The van der Waals surface area contributed by atoms with Crippen LogP contribution in [0, 0.1) is 17.5 Å². The summed E-state index contributed by atoms with van der Waals surface area (Å²) in [7, 11) is 0. The molecule has 3 rings (SSSR count). The van der Waals surface area contributed by atoms with Gasteiger partial charge in [-0.1, -0.05) is 0 Å². The molecule has 0 spiro atoms. The van der Waals surface area contributed by atoms with Crippen LogP contribution in [-0.4, -0.2) is 11.1 Å². The van der Waals surface area contributed by atoms with Gasteiger partial charge in [0.1, 0.15) is 6.04 Å². The summed E-state index contributed by atoms with van der Waals surface area (Å²) in [6.07, 6.45) is 1.10. The number of carbonyl (C=O) groups excluding carboxylic acids is 1. The highest BCUT2D eigenvalue weighted by molar-refractivity contribution is 9.10. The van der Waals surface area contributed by atoms with Crippen molar-refractivity contribution < 1.29 is 22.7 Å². The Balaban J connectivity index is 2.05. The van der Waals surface area contributed by atoms with E-state index in [9.17, 15) is 18.0 Å². The van der Waals surface area contributed by atoms with Crippen LogP contribution in [0.4, 0.5) is 18.0 Å². The number of halogens is 4. The monoisotopic (exact) mass is 372 g/mol. The van der Waals surface area contributed by atoms with Crippen molar-refractivity contribution in [1.82, 2.24) is 10.3 Å². The molecule has 1 aromatic carbocycles. The van der Waals surface area contributed by atoms with Crippen LogP contribution in [0.15, 0.2) is 35.1 Å². The second-order valence-corrected chi connectivity index (χ2v) is 5.56. The lowest BCUT2D eigenvalue weighted by Crippen LogP contribution is -2.20. The first-order chi connectivity index (χ1) is 10.5. The highest BCUT2D eigenvalue weighted by atomic mass is 79.9. The molecule has 1 aliphatic heterocycles. The quantitative estimate of drug-likeness (QED) is 0.816. The van der Waals surface area contributed by atoms with Crippen molar-refractivity contribution in [3.05, 3.63) is 63.6 Å². The van der Waals surface area contributed by atoms with E-state index in [1.54, 1.807) is 6.07 Å². The zero-order chi connectivity index (χ0) is 15.9. The van der Waals surface area contributed by atoms with E-state index in [2.05, 4.69) is 26.2 Å². The number of pyridine rings is 1. The van der Waals surface area contributed by atoms with Crippen LogP contribution in [0.2, 0.25) is 0 Å². The molecule has 2 heterocycles. The van der Waals surface area contributed by atoms with Crippen LogP contribution in [0.3, 0.4) is 0 Å². The fourth-order valence-corrected chi connectivity index (χ4v) is 2.66. The van der Waals surface area contributed by atoms with Gasteiger partial charge < -0.3 is 10.1 Å². The highest BCUT2D eigenvalue weighted by Gasteiger charge is 2.39. The number of ether oxygens (including phenoxy) is 1. The Bertz CT molecular complexity index is 757. The molecule has 0 aliphatic carbocycles. The van der Waals surface area contributed by atoms with Gasteiger partial charge in [0.2, 0.25) is 0 Å². The van der Waals surface area contributed by atoms with Gasteiger partial charge in [0.15, 0.2) is 23.6 Å². The van der Waals surface area contributed by atoms with Gasteiger partial charge in [-0.05, 0) is 39.7 Å². The minimum atomic E-state index is -1.61. The Morgan fingerprint density at radius 1 is 1.18 bits per heavy atom. The Hall–Kier alpha value is -2.09. The maximum atomic E-state index is 14.0. The lowest BCUT2D eigenvalue weighted by atomic mass is 9.97. The molecule has 0 saturated carbocycles. The molecule has 114 valence electrons. The topological polar surface area (TPSA) is 51.2 Å². The minimum absolute atomic E-state index is 0.248. The minimum Gasteiger partial charge on any atom is -0.439 e. The van der Waals surface area contributed by atoms with Crippen molar-refractivity contribution in [2.45, 2.75) is 12.1 Å². The Kier molecular flexibility index (Phi) is 3.78. The maximum Gasteiger partial charge on any atom is 0.408 e. The normalized spacial score (nSPS) is 20.6. The molecule has 2 aromatic rings. The molecular formula is C14H8BrF3N2O2. The molecule has 0 radical (unpaired) electrons. The fourth-order valence-electron chi connectivity index (χ4n) is 2.28. The van der Waals surface area contributed by atoms with E-state index in [0.29, 0.717) is 10.0 Å². The van der Waals surface area contributed by atoms with E-state index in [4.69, 9.17) is 4.74 Å². The third kappa shape index (κ3) is 2.54. The number of benzene rings is 1. The lowest BCUT2D eigenvalue weighted by molar-refractivity contribution is 0.129. The van der Waals surface area contributed by atoms with Gasteiger partial charge in [-0.25, -0.2) is 18.0 Å². The predicted octanol–water partition coefficient (Wildman–Crippen LogP) is 3.78. The summed E-state index contributed by atoms with van der Waals surface area (Å²) in [6, 6.07) is 2.74. The summed E-state index contributed by atoms with van der Waals surface area (Å²) in [5.41, 5.74) is 0.289. The molecule has 1 saturated heterocycles. The van der Waals surface area contributed by atoms with Crippen LogP contribution in [-0.2, 0) is 4.74 Å². The number of alkyl carbamates (subject to hydrolysis) is 1. The van der Waals surface area contributed by atoms with Gasteiger partial charge in [0.25, 0.3) is 0 Å². The Labute approximate surface area is 131 Å². The van der Waals surface area contributed by atoms with Crippen LogP contribution in [0.5, 0.6) is 0 Å². The Morgan fingerprint density at radius 3 is 2.68 bits per heavy atom. The van der Waals surface area contributed by atoms with E-state index in [0.717, 1.165) is 12.1 Å². The molecule has 1 N–H and O–H groups in total. The Morgan fingerprint density at radius 2 is 1.95 bits per heavy atom. The summed E-state index contributed by atoms with van der Waals surface area (Å²) in [5.74, 6) is -4.29. The summed E-state index contributed by atoms with van der Waals surface area (Å²) < 4.78 is 46.1. The number of nitrogens with one attached hydrogen (secondary N) is 1. The van der Waals surface area contributed by atoms with Crippen molar-refractivity contribution in [3.8, 4) is 0 Å². The summed E-state index contributed by atoms with van der Waals surface area (Å²) in [5, 5.41) is 2.50. The highest BCUT2D eigenvalue weighted by Crippen LogP contribution is 2.38. The molecule has 1 aliphatic rings. The number of hydrogen-bond acceptors (Lipinski definition) is 3. The summed E-state index contributed by atoms with van der Waals surface area (Å²) >= 11 is 3.24. The van der Waals surface area contributed by atoms with Crippen molar-refractivity contribution in [2.75, 3.05) is 0 Å². The van der Waals surface area contributed by atoms with E-state index in [1.807, 2.05) is 0 Å². The van der Waals surface area contributed by atoms with E-state index < -0.39 is 35.7 Å². The largest absolute Gasteiger partial charge is 0.439 e. The third-order valence-corrected chi connectivity index (χ3v) is 3.70. The summed E-state index contributed by atoms with van der Waals surface area (Å²) in [6.45, 7) is 0.